The first-order chi connectivity index (χ1) is 13.4. The van der Waals surface area contributed by atoms with E-state index in [1.54, 1.807) is 0 Å². The van der Waals surface area contributed by atoms with E-state index in [-0.39, 0.29) is 50.2 Å². The second-order valence-electron chi connectivity index (χ2n) is 7.24. The molecule has 0 saturated carbocycles. The number of nitrogens with one attached hydrogen (secondary N) is 1. The second-order valence-corrected chi connectivity index (χ2v) is 9.00. The van der Waals surface area contributed by atoms with E-state index < -0.39 is 34.2 Å². The highest BCUT2D eigenvalue weighted by molar-refractivity contribution is 7.86. The van der Waals surface area contributed by atoms with Gasteiger partial charge in [-0.25, -0.2) is 4.79 Å². The highest BCUT2D eigenvalue weighted by atomic mass is 32.2. The summed E-state index contributed by atoms with van der Waals surface area (Å²) in [5.41, 5.74) is -1.24. The summed E-state index contributed by atoms with van der Waals surface area (Å²) in [5.74, 6) is -1.93. The van der Waals surface area contributed by atoms with Crippen LogP contribution in [0.5, 0.6) is 0 Å². The van der Waals surface area contributed by atoms with E-state index in [0.717, 1.165) is 6.42 Å². The van der Waals surface area contributed by atoms with Crippen molar-refractivity contribution in [1.29, 1.82) is 0 Å². The van der Waals surface area contributed by atoms with Crippen LogP contribution in [0.4, 0.5) is 0 Å². The number of hydrogen-bond donors (Lipinski definition) is 2. The van der Waals surface area contributed by atoms with Crippen molar-refractivity contribution >= 4 is 28.0 Å². The monoisotopic (exact) mass is 439 g/mol. The minimum absolute atomic E-state index is 0.124. The van der Waals surface area contributed by atoms with Gasteiger partial charge in [0.15, 0.2) is 6.10 Å². The van der Waals surface area contributed by atoms with Crippen LogP contribution in [-0.4, -0.2) is 69.6 Å². The predicted octanol–water partition coefficient (Wildman–Crippen LogP) is 0.523. The average molecular weight is 440 g/mol. The molecule has 0 bridgehead atoms. The van der Waals surface area contributed by atoms with Crippen molar-refractivity contribution in [2.75, 3.05) is 32.1 Å². The van der Waals surface area contributed by atoms with Gasteiger partial charge in [-0.05, 0) is 12.8 Å². The Morgan fingerprint density at radius 1 is 1.10 bits per heavy atom. The molecule has 0 aliphatic carbocycles. The zero-order valence-corrected chi connectivity index (χ0v) is 18.4. The SMILES string of the molecule is CCCCC(=O)OCCOC(=O)[C@H](O)C(C)(C)COS(=O)(=O)CCCNC(C)=O. The number of rotatable bonds is 15. The predicted molar refractivity (Wildman–Crippen MR) is 104 cm³/mol. The third-order valence-corrected chi connectivity index (χ3v) is 5.11. The zero-order valence-electron chi connectivity index (χ0n) is 17.6. The first-order valence-electron chi connectivity index (χ1n) is 9.53. The standard InChI is InChI=1S/C18H33NO9S/c1-5-6-8-15(21)26-10-11-27-17(23)16(22)18(3,4)13-28-29(24,25)12-7-9-19-14(2)20/h16,22H,5-13H2,1-4H3,(H,19,20)/t16-/m0/s1. The summed E-state index contributed by atoms with van der Waals surface area (Å²) in [5, 5.41) is 12.6. The lowest BCUT2D eigenvalue weighted by Gasteiger charge is -2.28. The molecule has 0 aromatic heterocycles. The first kappa shape index (κ1) is 27.3. The van der Waals surface area contributed by atoms with Gasteiger partial charge in [-0.3, -0.25) is 13.8 Å². The van der Waals surface area contributed by atoms with Crippen LogP contribution in [0.3, 0.4) is 0 Å². The Morgan fingerprint density at radius 3 is 2.31 bits per heavy atom. The highest BCUT2D eigenvalue weighted by Gasteiger charge is 2.36. The molecule has 0 aliphatic heterocycles. The van der Waals surface area contributed by atoms with E-state index in [9.17, 15) is 27.9 Å². The van der Waals surface area contributed by atoms with Gasteiger partial charge in [-0.2, -0.15) is 8.42 Å². The van der Waals surface area contributed by atoms with Crippen molar-refractivity contribution in [3.63, 3.8) is 0 Å². The van der Waals surface area contributed by atoms with Crippen LogP contribution in [0.1, 0.15) is 53.4 Å². The number of aliphatic hydroxyl groups is 1. The maximum Gasteiger partial charge on any atom is 0.335 e. The molecule has 0 radical (unpaired) electrons. The van der Waals surface area contributed by atoms with Crippen molar-refractivity contribution in [2.24, 2.45) is 5.41 Å². The van der Waals surface area contributed by atoms with E-state index in [1.165, 1.54) is 20.8 Å². The fraction of sp³-hybridized carbons (Fsp3) is 0.833. The summed E-state index contributed by atoms with van der Waals surface area (Å²) in [7, 11) is -3.88. The normalized spacial score (nSPS) is 12.9. The Morgan fingerprint density at radius 2 is 1.72 bits per heavy atom. The molecule has 11 heteroatoms. The lowest BCUT2D eigenvalue weighted by molar-refractivity contribution is -0.165. The number of aliphatic hydroxyl groups excluding tert-OH is 1. The molecule has 0 aromatic carbocycles. The van der Waals surface area contributed by atoms with Crippen LogP contribution in [0.2, 0.25) is 0 Å². The molecule has 0 aromatic rings. The van der Waals surface area contributed by atoms with Crippen LogP contribution >= 0.6 is 0 Å². The number of unbranched alkanes of at least 4 members (excludes halogenated alkanes) is 1. The van der Waals surface area contributed by atoms with Crippen LogP contribution in [0.15, 0.2) is 0 Å². The van der Waals surface area contributed by atoms with Crippen molar-refractivity contribution in [3.8, 4) is 0 Å². The molecule has 0 rings (SSSR count). The van der Waals surface area contributed by atoms with Crippen molar-refractivity contribution in [2.45, 2.75) is 59.5 Å². The highest BCUT2D eigenvalue weighted by Crippen LogP contribution is 2.23. The Kier molecular flexibility index (Phi) is 12.7. The maximum absolute atomic E-state index is 11.9. The Balaban J connectivity index is 4.30. The summed E-state index contributed by atoms with van der Waals surface area (Å²) in [6, 6.07) is 0. The maximum atomic E-state index is 11.9. The third kappa shape index (κ3) is 13.2. The van der Waals surface area contributed by atoms with E-state index >= 15 is 0 Å². The van der Waals surface area contributed by atoms with Crippen LogP contribution in [-0.2, 0) is 38.2 Å². The molecule has 2 N–H and O–H groups in total. The molecule has 29 heavy (non-hydrogen) atoms. The molecular weight excluding hydrogens is 406 g/mol. The Bertz CT molecular complexity index is 631. The molecule has 0 unspecified atom stereocenters. The quantitative estimate of drug-likeness (QED) is 0.212. The van der Waals surface area contributed by atoms with Crippen LogP contribution < -0.4 is 5.32 Å². The molecule has 0 aliphatic rings. The Hall–Kier alpha value is -1.72. The minimum Gasteiger partial charge on any atom is -0.462 e. The number of amides is 1. The largest absolute Gasteiger partial charge is 0.462 e. The topological polar surface area (TPSA) is 145 Å². The number of esters is 2. The number of ether oxygens (including phenoxy) is 2. The molecule has 170 valence electrons. The van der Waals surface area contributed by atoms with Gasteiger partial charge in [-0.1, -0.05) is 27.2 Å². The molecule has 0 saturated heterocycles. The lowest BCUT2D eigenvalue weighted by atomic mass is 9.88. The number of carbonyl (C=O) groups is 3. The molecule has 0 spiro atoms. The fourth-order valence-corrected chi connectivity index (χ4v) is 3.08. The van der Waals surface area contributed by atoms with Crippen molar-refractivity contribution in [3.05, 3.63) is 0 Å². The van der Waals surface area contributed by atoms with E-state index in [4.69, 9.17) is 13.7 Å². The molecule has 10 nitrogen and oxygen atoms in total. The van der Waals surface area contributed by atoms with Gasteiger partial charge in [0, 0.05) is 25.3 Å². The smallest absolute Gasteiger partial charge is 0.335 e. The van der Waals surface area contributed by atoms with E-state index in [2.05, 4.69) is 5.32 Å². The van der Waals surface area contributed by atoms with Gasteiger partial charge < -0.3 is 19.9 Å². The molecule has 0 heterocycles. The van der Waals surface area contributed by atoms with E-state index in [0.29, 0.717) is 6.42 Å². The summed E-state index contributed by atoms with van der Waals surface area (Å²) in [6.45, 7) is 5.60. The van der Waals surface area contributed by atoms with Crippen LogP contribution in [0, 0.1) is 5.41 Å². The average Bonchev–Trinajstić information content (AvgIpc) is 2.64. The molecule has 0 fully saturated rings. The number of hydrogen-bond acceptors (Lipinski definition) is 9. The third-order valence-electron chi connectivity index (χ3n) is 3.84. The summed E-state index contributed by atoms with van der Waals surface area (Å²) < 4.78 is 38.4. The first-order valence-corrected chi connectivity index (χ1v) is 11.1. The van der Waals surface area contributed by atoms with Gasteiger partial charge in [-0.15, -0.1) is 0 Å². The number of carbonyl (C=O) groups excluding carboxylic acids is 3. The lowest BCUT2D eigenvalue weighted by Crippen LogP contribution is -2.42. The van der Waals surface area contributed by atoms with Crippen LogP contribution in [0.25, 0.3) is 0 Å². The molecule has 1 amide bonds. The summed E-state index contributed by atoms with van der Waals surface area (Å²) >= 11 is 0. The fourth-order valence-electron chi connectivity index (χ4n) is 1.98. The van der Waals surface area contributed by atoms with Gasteiger partial charge in [0.2, 0.25) is 5.91 Å². The summed E-state index contributed by atoms with van der Waals surface area (Å²) in [6.07, 6.45) is 0.397. The summed E-state index contributed by atoms with van der Waals surface area (Å²) in [4.78, 5) is 34.0. The van der Waals surface area contributed by atoms with Crippen molar-refractivity contribution in [1.82, 2.24) is 5.32 Å². The van der Waals surface area contributed by atoms with Gasteiger partial charge >= 0.3 is 11.9 Å². The molecular formula is C18H33NO9S. The van der Waals surface area contributed by atoms with Crippen molar-refractivity contribution < 1.29 is 41.6 Å². The zero-order chi connectivity index (χ0) is 22.5. The minimum atomic E-state index is -3.88. The van der Waals surface area contributed by atoms with Gasteiger partial charge in [0.05, 0.1) is 12.4 Å². The van der Waals surface area contributed by atoms with Gasteiger partial charge in [0.25, 0.3) is 10.1 Å². The second kappa shape index (κ2) is 13.5. The molecule has 1 atom stereocenters. The Labute approximate surface area is 172 Å². The van der Waals surface area contributed by atoms with E-state index in [1.807, 2.05) is 6.92 Å². The van der Waals surface area contributed by atoms with Gasteiger partial charge in [0.1, 0.15) is 13.2 Å².